The number of Topliss-reactive ketones (excluding diaryl/α,β-unsaturated/α-hetero) is 1. The van der Waals surface area contributed by atoms with E-state index in [4.69, 9.17) is 4.74 Å². The summed E-state index contributed by atoms with van der Waals surface area (Å²) in [5.74, 6) is -0.965. The monoisotopic (exact) mass is 321 g/mol. The third kappa shape index (κ3) is 6.50. The molecule has 0 aromatic heterocycles. The Hall–Kier alpha value is -2.37. The van der Waals surface area contributed by atoms with E-state index >= 15 is 0 Å². The molecule has 1 rings (SSSR count). The summed E-state index contributed by atoms with van der Waals surface area (Å²) in [5, 5.41) is 2.38. The maximum Gasteiger partial charge on any atom is 0.408 e. The minimum absolute atomic E-state index is 0.199. The molecule has 0 bridgehead atoms. The van der Waals surface area contributed by atoms with E-state index in [-0.39, 0.29) is 12.2 Å². The van der Waals surface area contributed by atoms with Crippen molar-refractivity contribution in [3.63, 3.8) is 0 Å². The van der Waals surface area contributed by atoms with Crippen LogP contribution < -0.4 is 5.32 Å². The number of hydrogen-bond acceptors (Lipinski definition) is 5. The van der Waals surface area contributed by atoms with E-state index in [1.165, 1.54) is 7.11 Å². The van der Waals surface area contributed by atoms with Gasteiger partial charge in [-0.3, -0.25) is 4.79 Å². The molecule has 23 heavy (non-hydrogen) atoms. The van der Waals surface area contributed by atoms with Crippen LogP contribution in [0.3, 0.4) is 0 Å². The average molecular weight is 321 g/mol. The van der Waals surface area contributed by atoms with Crippen LogP contribution in [0.2, 0.25) is 0 Å². The second kappa shape index (κ2) is 7.76. The molecular weight excluding hydrogens is 298 g/mol. The van der Waals surface area contributed by atoms with Gasteiger partial charge >= 0.3 is 12.1 Å². The van der Waals surface area contributed by atoms with Crippen LogP contribution in [-0.4, -0.2) is 36.6 Å². The minimum atomic E-state index is -1.09. The Bertz CT molecular complexity index is 572. The van der Waals surface area contributed by atoms with Crippen LogP contribution in [0.4, 0.5) is 4.79 Å². The van der Waals surface area contributed by atoms with Gasteiger partial charge < -0.3 is 14.8 Å². The van der Waals surface area contributed by atoms with E-state index in [9.17, 15) is 14.4 Å². The van der Waals surface area contributed by atoms with E-state index in [1.807, 2.05) is 19.1 Å². The topological polar surface area (TPSA) is 81.7 Å². The molecule has 0 aliphatic heterocycles. The van der Waals surface area contributed by atoms with Gasteiger partial charge in [-0.1, -0.05) is 29.8 Å². The maximum atomic E-state index is 12.3. The fourth-order valence-electron chi connectivity index (χ4n) is 1.83. The van der Waals surface area contributed by atoms with Crippen molar-refractivity contribution in [3.05, 3.63) is 35.4 Å². The summed E-state index contributed by atoms with van der Waals surface area (Å²) in [6.45, 7) is 7.03. The van der Waals surface area contributed by atoms with Crippen LogP contribution >= 0.6 is 0 Å². The molecule has 0 saturated heterocycles. The zero-order valence-electron chi connectivity index (χ0n) is 14.1. The van der Waals surface area contributed by atoms with Gasteiger partial charge in [-0.2, -0.15) is 0 Å². The van der Waals surface area contributed by atoms with Crippen molar-refractivity contribution in [1.82, 2.24) is 5.32 Å². The lowest BCUT2D eigenvalue weighted by molar-refractivity contribution is -0.143. The lowest BCUT2D eigenvalue weighted by atomic mass is 10.0. The molecule has 1 aromatic rings. The molecule has 0 aliphatic carbocycles. The van der Waals surface area contributed by atoms with Crippen LogP contribution in [-0.2, 0) is 14.3 Å². The SMILES string of the molecule is COC(=O)[C@H](CC(=O)c1ccc(C)cc1)NC(=O)OC(C)(C)C. The summed E-state index contributed by atoms with van der Waals surface area (Å²) in [7, 11) is 1.20. The van der Waals surface area contributed by atoms with Crippen LogP contribution in [0.5, 0.6) is 0 Å². The van der Waals surface area contributed by atoms with E-state index in [2.05, 4.69) is 10.1 Å². The number of ketones is 1. The number of rotatable bonds is 5. The fourth-order valence-corrected chi connectivity index (χ4v) is 1.83. The Balaban J connectivity index is 2.78. The Morgan fingerprint density at radius 2 is 1.70 bits per heavy atom. The second-order valence-corrected chi connectivity index (χ2v) is 6.22. The van der Waals surface area contributed by atoms with Crippen molar-refractivity contribution in [2.75, 3.05) is 7.11 Å². The molecule has 6 heteroatoms. The Morgan fingerprint density at radius 3 is 2.17 bits per heavy atom. The first-order chi connectivity index (χ1) is 10.6. The summed E-state index contributed by atoms with van der Waals surface area (Å²) in [6, 6.07) is 5.88. The molecule has 1 aromatic carbocycles. The highest BCUT2D eigenvalue weighted by molar-refractivity contribution is 5.99. The highest BCUT2D eigenvalue weighted by atomic mass is 16.6. The first kappa shape index (κ1) is 18.7. The number of benzene rings is 1. The number of carbonyl (C=O) groups excluding carboxylic acids is 3. The predicted molar refractivity (Wildman–Crippen MR) is 85.3 cm³/mol. The summed E-state index contributed by atoms with van der Waals surface area (Å²) in [4.78, 5) is 35.8. The van der Waals surface area contributed by atoms with Crippen LogP contribution in [0.1, 0.15) is 43.1 Å². The average Bonchev–Trinajstić information content (AvgIpc) is 2.44. The first-order valence-electron chi connectivity index (χ1n) is 7.29. The minimum Gasteiger partial charge on any atom is -0.467 e. The Labute approximate surface area is 136 Å². The lowest BCUT2D eigenvalue weighted by Crippen LogP contribution is -2.45. The number of aryl methyl sites for hydroxylation is 1. The molecule has 1 amide bonds. The molecular formula is C17H23NO5. The summed E-state index contributed by atoms with van der Waals surface area (Å²) < 4.78 is 9.73. The van der Waals surface area contributed by atoms with Crippen LogP contribution in [0.15, 0.2) is 24.3 Å². The Morgan fingerprint density at radius 1 is 1.13 bits per heavy atom. The molecule has 6 nitrogen and oxygen atoms in total. The van der Waals surface area contributed by atoms with Crippen molar-refractivity contribution in [2.45, 2.75) is 45.8 Å². The molecule has 0 aliphatic rings. The highest BCUT2D eigenvalue weighted by Gasteiger charge is 2.27. The number of hydrogen-bond donors (Lipinski definition) is 1. The molecule has 0 fully saturated rings. The molecule has 126 valence electrons. The van der Waals surface area contributed by atoms with Crippen molar-refractivity contribution in [3.8, 4) is 0 Å². The third-order valence-corrected chi connectivity index (χ3v) is 2.94. The van der Waals surface area contributed by atoms with Crippen LogP contribution in [0.25, 0.3) is 0 Å². The second-order valence-electron chi connectivity index (χ2n) is 6.22. The van der Waals surface area contributed by atoms with Gasteiger partial charge in [0.1, 0.15) is 11.6 Å². The largest absolute Gasteiger partial charge is 0.467 e. The molecule has 1 atom stereocenters. The van der Waals surface area contributed by atoms with Gasteiger partial charge in [0.25, 0.3) is 0 Å². The van der Waals surface area contributed by atoms with Crippen molar-refractivity contribution in [1.29, 1.82) is 0 Å². The highest BCUT2D eigenvalue weighted by Crippen LogP contribution is 2.11. The number of nitrogens with one attached hydrogen (secondary N) is 1. The third-order valence-electron chi connectivity index (χ3n) is 2.94. The first-order valence-corrected chi connectivity index (χ1v) is 7.29. The fraction of sp³-hybridized carbons (Fsp3) is 0.471. The van der Waals surface area contributed by atoms with Crippen LogP contribution in [0, 0.1) is 6.92 Å². The van der Waals surface area contributed by atoms with E-state index in [0.717, 1.165) is 5.56 Å². The number of carbonyl (C=O) groups is 3. The van der Waals surface area contributed by atoms with E-state index in [0.29, 0.717) is 5.56 Å². The summed E-state index contributed by atoms with van der Waals surface area (Å²) >= 11 is 0. The van der Waals surface area contributed by atoms with Gasteiger partial charge in [0, 0.05) is 12.0 Å². The Kier molecular flexibility index (Phi) is 6.30. The molecule has 0 spiro atoms. The predicted octanol–water partition coefficient (Wildman–Crippen LogP) is 2.63. The lowest BCUT2D eigenvalue weighted by Gasteiger charge is -2.22. The summed E-state index contributed by atoms with van der Waals surface area (Å²) in [6.07, 6.45) is -0.973. The molecule has 0 heterocycles. The number of amides is 1. The molecule has 1 N–H and O–H groups in total. The van der Waals surface area contributed by atoms with E-state index < -0.39 is 23.7 Å². The molecule has 0 unspecified atom stereocenters. The standard InChI is InChI=1S/C17H23NO5/c1-11-6-8-12(9-7-11)14(19)10-13(15(20)22-5)18-16(21)23-17(2,3)4/h6-9,13H,10H2,1-5H3,(H,18,21)/t13-/m0/s1. The molecule has 0 radical (unpaired) electrons. The zero-order valence-corrected chi connectivity index (χ0v) is 14.1. The summed E-state index contributed by atoms with van der Waals surface area (Å²) in [5.41, 5.74) is 0.791. The van der Waals surface area contributed by atoms with Gasteiger partial charge in [-0.15, -0.1) is 0 Å². The van der Waals surface area contributed by atoms with Gasteiger partial charge in [0.2, 0.25) is 0 Å². The van der Waals surface area contributed by atoms with Crippen molar-refractivity contribution < 1.29 is 23.9 Å². The molecule has 0 saturated carbocycles. The van der Waals surface area contributed by atoms with Gasteiger partial charge in [-0.25, -0.2) is 9.59 Å². The van der Waals surface area contributed by atoms with Gasteiger partial charge in [0.15, 0.2) is 5.78 Å². The maximum absolute atomic E-state index is 12.3. The van der Waals surface area contributed by atoms with Gasteiger partial charge in [-0.05, 0) is 27.7 Å². The number of methoxy groups -OCH3 is 1. The van der Waals surface area contributed by atoms with Crippen molar-refractivity contribution in [2.24, 2.45) is 0 Å². The smallest absolute Gasteiger partial charge is 0.408 e. The zero-order chi connectivity index (χ0) is 17.6. The van der Waals surface area contributed by atoms with Gasteiger partial charge in [0.05, 0.1) is 7.11 Å². The number of ether oxygens (including phenoxy) is 2. The van der Waals surface area contributed by atoms with Crippen molar-refractivity contribution >= 4 is 17.8 Å². The van der Waals surface area contributed by atoms with E-state index in [1.54, 1.807) is 32.9 Å². The number of esters is 1. The normalized spacial score (nSPS) is 12.2. The number of alkyl carbamates (subject to hydrolysis) is 1. The quantitative estimate of drug-likeness (QED) is 0.666.